The van der Waals surface area contributed by atoms with E-state index < -0.39 is 23.7 Å². The summed E-state index contributed by atoms with van der Waals surface area (Å²) < 4.78 is 46.1. The number of benzene rings is 1. The number of hydrogen-bond donors (Lipinski definition) is 2. The van der Waals surface area contributed by atoms with Gasteiger partial charge < -0.3 is 15.4 Å². The number of anilines is 1. The van der Waals surface area contributed by atoms with Crippen molar-refractivity contribution in [1.82, 2.24) is 10.3 Å². The van der Waals surface area contributed by atoms with E-state index in [-0.39, 0.29) is 16.4 Å². The molecule has 2 aromatic rings. The molecule has 1 heterocycles. The molecule has 0 saturated carbocycles. The van der Waals surface area contributed by atoms with Crippen molar-refractivity contribution in [2.24, 2.45) is 0 Å². The molecule has 0 aliphatic carbocycles. The summed E-state index contributed by atoms with van der Waals surface area (Å²) in [6.07, 6.45) is -3.99. The van der Waals surface area contributed by atoms with Gasteiger partial charge in [0.15, 0.2) is 0 Å². The average Bonchev–Trinajstić information content (AvgIpc) is 2.59. The number of rotatable bonds is 5. The highest BCUT2D eigenvalue weighted by atomic mass is 35.5. The van der Waals surface area contributed by atoms with Crippen molar-refractivity contribution in [2.45, 2.75) is 18.8 Å². The van der Waals surface area contributed by atoms with E-state index in [2.05, 4.69) is 9.72 Å². The molecule has 0 saturated heterocycles. The Morgan fingerprint density at radius 3 is 2.44 bits per heavy atom. The SMILES string of the molecule is COC(=O)[C@](NC(=O)c1cccc(Cl)c1)(Nc1cc(C)ccn1)C(F)(F)F. The van der Waals surface area contributed by atoms with Crippen molar-refractivity contribution >= 4 is 29.3 Å². The summed E-state index contributed by atoms with van der Waals surface area (Å²) in [6, 6.07) is 8.10. The number of methoxy groups -OCH3 is 1. The van der Waals surface area contributed by atoms with Crippen LogP contribution >= 0.6 is 11.6 Å². The number of nitrogens with zero attached hydrogens (tertiary/aromatic N) is 1. The number of hydrogen-bond acceptors (Lipinski definition) is 5. The third-order valence-corrected chi connectivity index (χ3v) is 3.77. The third-order valence-electron chi connectivity index (χ3n) is 3.54. The summed E-state index contributed by atoms with van der Waals surface area (Å²) in [5, 5.41) is 3.79. The summed E-state index contributed by atoms with van der Waals surface area (Å²) in [6.45, 7) is 1.63. The van der Waals surface area contributed by atoms with E-state index in [1.54, 1.807) is 18.3 Å². The molecule has 0 unspecified atom stereocenters. The van der Waals surface area contributed by atoms with Crippen LogP contribution in [0, 0.1) is 6.92 Å². The minimum atomic E-state index is -5.25. The zero-order valence-corrected chi connectivity index (χ0v) is 15.0. The van der Waals surface area contributed by atoms with Crippen LogP contribution in [0.4, 0.5) is 19.0 Å². The van der Waals surface area contributed by atoms with Crippen molar-refractivity contribution in [2.75, 3.05) is 12.4 Å². The predicted octanol–water partition coefficient (Wildman–Crippen LogP) is 3.32. The van der Waals surface area contributed by atoms with Crippen LogP contribution < -0.4 is 10.6 Å². The van der Waals surface area contributed by atoms with Gasteiger partial charge in [-0.15, -0.1) is 0 Å². The van der Waals surface area contributed by atoms with Crippen molar-refractivity contribution < 1.29 is 27.5 Å². The number of esters is 1. The number of amides is 1. The Balaban J connectivity index is 2.50. The van der Waals surface area contributed by atoms with Gasteiger partial charge in [-0.1, -0.05) is 17.7 Å². The van der Waals surface area contributed by atoms with Gasteiger partial charge in [-0.3, -0.25) is 4.79 Å². The van der Waals surface area contributed by atoms with Gasteiger partial charge in [0.1, 0.15) is 5.82 Å². The molecular formula is C17H15ClF3N3O3. The van der Waals surface area contributed by atoms with Gasteiger partial charge in [-0.25, -0.2) is 9.78 Å². The first-order valence-corrected chi connectivity index (χ1v) is 7.91. The monoisotopic (exact) mass is 401 g/mol. The minimum Gasteiger partial charge on any atom is -0.466 e. The van der Waals surface area contributed by atoms with E-state index in [0.29, 0.717) is 5.56 Å². The summed E-state index contributed by atoms with van der Waals surface area (Å²) in [4.78, 5) is 28.3. The first-order valence-electron chi connectivity index (χ1n) is 7.53. The number of aryl methyl sites for hydroxylation is 1. The maximum absolute atomic E-state index is 13.9. The molecule has 0 bridgehead atoms. The molecule has 10 heteroatoms. The standard InChI is InChI=1S/C17H15ClF3N3O3/c1-10-6-7-22-13(8-10)23-16(15(26)27-2,17(19,20)21)24-14(25)11-4-3-5-12(18)9-11/h3-9H,1-2H3,(H,22,23)(H,24,25)/t16-/m1/s1. The normalized spacial score (nSPS) is 13.4. The first-order chi connectivity index (χ1) is 12.6. The van der Waals surface area contributed by atoms with Crippen LogP contribution in [0.2, 0.25) is 5.02 Å². The van der Waals surface area contributed by atoms with E-state index in [1.807, 2.05) is 5.32 Å². The number of carbonyl (C=O) groups excluding carboxylic acids is 2. The molecule has 2 N–H and O–H groups in total. The van der Waals surface area contributed by atoms with Crippen molar-refractivity contribution in [3.63, 3.8) is 0 Å². The summed E-state index contributed by atoms with van der Waals surface area (Å²) in [7, 11) is 0.777. The van der Waals surface area contributed by atoms with Crippen LogP contribution in [0.3, 0.4) is 0 Å². The Morgan fingerprint density at radius 2 is 1.89 bits per heavy atom. The van der Waals surface area contributed by atoms with Crippen LogP contribution in [-0.4, -0.2) is 35.8 Å². The first kappa shape index (κ1) is 20.5. The lowest BCUT2D eigenvalue weighted by Gasteiger charge is -2.34. The van der Waals surface area contributed by atoms with E-state index in [4.69, 9.17) is 11.6 Å². The molecule has 1 aromatic heterocycles. The van der Waals surface area contributed by atoms with E-state index in [9.17, 15) is 22.8 Å². The van der Waals surface area contributed by atoms with Gasteiger partial charge in [0.05, 0.1) is 7.11 Å². The summed E-state index contributed by atoms with van der Waals surface area (Å²) in [5.41, 5.74) is -3.13. The van der Waals surface area contributed by atoms with E-state index in [1.165, 1.54) is 36.5 Å². The number of pyridine rings is 1. The van der Waals surface area contributed by atoms with E-state index in [0.717, 1.165) is 7.11 Å². The zero-order chi connectivity index (χ0) is 20.2. The lowest BCUT2D eigenvalue weighted by molar-refractivity contribution is -0.203. The van der Waals surface area contributed by atoms with Gasteiger partial charge in [0.25, 0.3) is 5.91 Å². The van der Waals surface area contributed by atoms with Crippen molar-refractivity contribution in [1.29, 1.82) is 0 Å². The predicted molar refractivity (Wildman–Crippen MR) is 92.3 cm³/mol. The van der Waals surface area contributed by atoms with Crippen molar-refractivity contribution in [3.05, 3.63) is 58.7 Å². The van der Waals surface area contributed by atoms with Crippen molar-refractivity contribution in [3.8, 4) is 0 Å². The fraction of sp³-hybridized carbons (Fsp3) is 0.235. The molecule has 0 aliphatic rings. The van der Waals surface area contributed by atoms with Crippen LogP contribution in [-0.2, 0) is 9.53 Å². The molecule has 1 aromatic carbocycles. The zero-order valence-electron chi connectivity index (χ0n) is 14.2. The van der Waals surface area contributed by atoms with Gasteiger partial charge in [0.2, 0.25) is 0 Å². The average molecular weight is 402 g/mol. The number of aromatic nitrogens is 1. The lowest BCUT2D eigenvalue weighted by atomic mass is 10.1. The number of carbonyl (C=O) groups is 2. The Labute approximate surface area is 157 Å². The topological polar surface area (TPSA) is 80.3 Å². The highest BCUT2D eigenvalue weighted by Crippen LogP contribution is 2.33. The van der Waals surface area contributed by atoms with Crippen LogP contribution in [0.1, 0.15) is 15.9 Å². The summed E-state index contributed by atoms with van der Waals surface area (Å²) >= 11 is 5.77. The van der Waals surface area contributed by atoms with Gasteiger partial charge in [0, 0.05) is 16.8 Å². The maximum atomic E-state index is 13.9. The summed E-state index contributed by atoms with van der Waals surface area (Å²) in [5.74, 6) is -3.21. The van der Waals surface area contributed by atoms with Gasteiger partial charge >= 0.3 is 17.8 Å². The van der Waals surface area contributed by atoms with Crippen LogP contribution in [0.5, 0.6) is 0 Å². The number of alkyl halides is 3. The molecule has 2 rings (SSSR count). The highest BCUT2D eigenvalue weighted by Gasteiger charge is 2.63. The second-order valence-corrected chi connectivity index (χ2v) is 5.98. The number of nitrogens with one attached hydrogen (secondary N) is 2. The van der Waals surface area contributed by atoms with Gasteiger partial charge in [-0.2, -0.15) is 13.2 Å². The second kappa shape index (κ2) is 7.83. The minimum absolute atomic E-state index is 0.145. The molecule has 0 radical (unpaired) electrons. The second-order valence-electron chi connectivity index (χ2n) is 5.55. The fourth-order valence-corrected chi connectivity index (χ4v) is 2.40. The Bertz CT molecular complexity index is 861. The van der Waals surface area contributed by atoms with Crippen LogP contribution in [0.15, 0.2) is 42.6 Å². The maximum Gasteiger partial charge on any atom is 0.441 e. The molecule has 144 valence electrons. The largest absolute Gasteiger partial charge is 0.466 e. The Morgan fingerprint density at radius 1 is 1.19 bits per heavy atom. The van der Waals surface area contributed by atoms with Crippen LogP contribution in [0.25, 0.3) is 0 Å². The number of halogens is 4. The molecular weight excluding hydrogens is 387 g/mol. The molecule has 1 amide bonds. The molecule has 27 heavy (non-hydrogen) atoms. The fourth-order valence-electron chi connectivity index (χ4n) is 2.21. The number of ether oxygens (including phenoxy) is 1. The van der Waals surface area contributed by atoms with E-state index >= 15 is 0 Å². The Hall–Kier alpha value is -2.81. The molecule has 6 nitrogen and oxygen atoms in total. The molecule has 0 spiro atoms. The smallest absolute Gasteiger partial charge is 0.441 e. The molecule has 0 fully saturated rings. The quantitative estimate of drug-likeness (QED) is 0.593. The highest BCUT2D eigenvalue weighted by molar-refractivity contribution is 6.31. The molecule has 0 aliphatic heterocycles. The lowest BCUT2D eigenvalue weighted by Crippen LogP contribution is -2.69. The Kier molecular flexibility index (Phi) is 5.94. The third kappa shape index (κ3) is 4.48. The molecule has 1 atom stereocenters. The van der Waals surface area contributed by atoms with Gasteiger partial charge in [-0.05, 0) is 42.8 Å².